The van der Waals surface area contributed by atoms with Gasteiger partial charge < -0.3 is 35.3 Å². The van der Waals surface area contributed by atoms with E-state index in [0.29, 0.717) is 24.8 Å². The maximum absolute atomic E-state index is 13.5. The van der Waals surface area contributed by atoms with E-state index in [2.05, 4.69) is 12.2 Å². The van der Waals surface area contributed by atoms with E-state index in [9.17, 15) is 49.7 Å². The molecule has 1 aromatic carbocycles. The molecule has 4 aliphatic rings. The third kappa shape index (κ3) is 6.76. The molecule has 4 aliphatic carbocycles. The summed E-state index contributed by atoms with van der Waals surface area (Å²) in [5.41, 5.74) is -2.03. The second kappa shape index (κ2) is 13.9. The van der Waals surface area contributed by atoms with Crippen LogP contribution in [0.25, 0.3) is 0 Å². The van der Waals surface area contributed by atoms with Gasteiger partial charge in [-0.3, -0.25) is 19.2 Å². The first-order valence-corrected chi connectivity index (χ1v) is 16.8. The van der Waals surface area contributed by atoms with Crippen molar-refractivity contribution in [3.8, 4) is 5.75 Å². The fourth-order valence-corrected chi connectivity index (χ4v) is 9.42. The normalized spacial score (nSPS) is 33.2. The molecule has 6 N–H and O–H groups in total. The van der Waals surface area contributed by atoms with Gasteiger partial charge in [-0.2, -0.15) is 5.23 Å². The van der Waals surface area contributed by atoms with E-state index in [-0.39, 0.29) is 53.9 Å². The summed E-state index contributed by atoms with van der Waals surface area (Å²) in [6.07, 6.45) is 3.57. The van der Waals surface area contributed by atoms with Crippen LogP contribution in [0.15, 0.2) is 29.8 Å². The number of benzene rings is 1. The van der Waals surface area contributed by atoms with Gasteiger partial charge in [-0.15, -0.1) is 0 Å². The topological polar surface area (TPSA) is 224 Å². The SMILES string of the molecule is COC(=O)C(Cc1ccc(O)c([NH+]([O-])O)c1)NC(=O)CCC(=O)OCC(=O)C1(O)CCC2C3CCC4=CC(=O)CCC4(C)C3C(O)CC21C. The van der Waals surface area contributed by atoms with Crippen molar-refractivity contribution in [3.05, 3.63) is 40.6 Å². The van der Waals surface area contributed by atoms with Gasteiger partial charge in [0.25, 0.3) is 0 Å². The molecule has 0 heterocycles. The molecule has 0 aromatic heterocycles. The monoisotopic (exact) mass is 686 g/mol. The number of carbonyl (C=O) groups excluding carboxylic acids is 5. The van der Waals surface area contributed by atoms with Crippen LogP contribution in [0.2, 0.25) is 0 Å². The lowest BCUT2D eigenvalue weighted by atomic mass is 9.45. The molecule has 3 fully saturated rings. The number of aliphatic hydroxyl groups is 2. The second-order valence-corrected chi connectivity index (χ2v) is 14.6. The van der Waals surface area contributed by atoms with Crippen LogP contribution >= 0.6 is 0 Å². The van der Waals surface area contributed by atoms with Crippen molar-refractivity contribution >= 4 is 35.1 Å². The van der Waals surface area contributed by atoms with Crippen molar-refractivity contribution < 1.29 is 59.2 Å². The van der Waals surface area contributed by atoms with Gasteiger partial charge >= 0.3 is 11.9 Å². The van der Waals surface area contributed by atoms with Gasteiger partial charge in [-0.05, 0) is 79.4 Å². The Balaban J connectivity index is 1.16. The van der Waals surface area contributed by atoms with E-state index < -0.39 is 77.2 Å². The summed E-state index contributed by atoms with van der Waals surface area (Å²) in [7, 11) is 1.12. The number of hydrogen-bond donors (Lipinski definition) is 6. The Kier molecular flexibility index (Phi) is 10.4. The summed E-state index contributed by atoms with van der Waals surface area (Å²) in [6.45, 7) is 3.26. The largest absolute Gasteiger partial charge is 0.595 e. The molecule has 0 bridgehead atoms. The molecular weight excluding hydrogens is 640 g/mol. The average Bonchev–Trinajstić information content (AvgIpc) is 3.33. The number of esters is 2. The summed E-state index contributed by atoms with van der Waals surface area (Å²) < 4.78 is 9.95. The third-order valence-corrected chi connectivity index (χ3v) is 12.0. The molecule has 9 unspecified atom stereocenters. The van der Waals surface area contributed by atoms with Gasteiger partial charge in [0.05, 0.1) is 19.6 Å². The summed E-state index contributed by atoms with van der Waals surface area (Å²) in [5.74, 6) is -3.43. The number of Topliss-reactive ketones (excluding diaryl/α,β-unsaturated/α-hetero) is 1. The lowest BCUT2D eigenvalue weighted by molar-refractivity contribution is -0.991. The minimum atomic E-state index is -1.82. The van der Waals surface area contributed by atoms with Crippen LogP contribution in [-0.2, 0) is 39.9 Å². The van der Waals surface area contributed by atoms with E-state index in [0.717, 1.165) is 31.6 Å². The molecule has 9 atom stereocenters. The number of rotatable bonds is 11. The highest BCUT2D eigenvalue weighted by Gasteiger charge is 2.68. The maximum Gasteiger partial charge on any atom is 0.328 e. The van der Waals surface area contributed by atoms with E-state index in [1.54, 1.807) is 6.08 Å². The number of allylic oxidation sites excluding steroid dienone is 1. The van der Waals surface area contributed by atoms with Crippen molar-refractivity contribution in [2.75, 3.05) is 13.7 Å². The smallest absolute Gasteiger partial charge is 0.328 e. The molecule has 14 heteroatoms. The molecule has 0 spiro atoms. The van der Waals surface area contributed by atoms with Crippen molar-refractivity contribution in [2.24, 2.45) is 28.6 Å². The Morgan fingerprint density at radius 3 is 2.55 bits per heavy atom. The standard InChI is InChI=1S/C35H46N2O12/c1-33-12-10-21(38)16-20(33)5-6-22-23-11-13-35(45,34(23,2)17-27(40)31(22)33)28(41)18-49-30(43)9-8-29(42)36-24(32(44)48-3)14-19-4-7-26(39)25(15-19)37(46)47/h4,7,15-16,22-24,27,31,37,39-40,45-46H,5-6,8-14,17-18H2,1-3H3,(H,36,42). The van der Waals surface area contributed by atoms with Gasteiger partial charge in [0.2, 0.25) is 17.4 Å². The lowest BCUT2D eigenvalue weighted by Gasteiger charge is -2.60. The second-order valence-electron chi connectivity index (χ2n) is 14.6. The Morgan fingerprint density at radius 2 is 1.86 bits per heavy atom. The molecule has 14 nitrogen and oxygen atoms in total. The van der Waals surface area contributed by atoms with E-state index in [1.165, 1.54) is 12.1 Å². The first kappa shape index (κ1) is 36.6. The predicted molar refractivity (Wildman–Crippen MR) is 170 cm³/mol. The molecular formula is C35H46N2O12. The lowest BCUT2D eigenvalue weighted by Crippen LogP contribution is -2.99. The molecule has 268 valence electrons. The van der Waals surface area contributed by atoms with E-state index in [1.807, 2.05) is 6.92 Å². The highest BCUT2D eigenvalue weighted by atomic mass is 16.8. The van der Waals surface area contributed by atoms with Gasteiger partial charge in [0.1, 0.15) is 11.6 Å². The van der Waals surface area contributed by atoms with Crippen LogP contribution in [0, 0.1) is 33.8 Å². The minimum absolute atomic E-state index is 0.0368. The molecule has 49 heavy (non-hydrogen) atoms. The maximum atomic E-state index is 13.5. The number of phenolic OH excluding ortho intramolecular Hbond substituents is 1. The molecule has 0 radical (unpaired) electrons. The zero-order valence-electron chi connectivity index (χ0n) is 28.0. The highest BCUT2D eigenvalue weighted by Crippen LogP contribution is 2.67. The highest BCUT2D eigenvalue weighted by molar-refractivity contribution is 5.92. The van der Waals surface area contributed by atoms with Crippen LogP contribution in [0.4, 0.5) is 5.69 Å². The van der Waals surface area contributed by atoms with Crippen LogP contribution in [0.1, 0.15) is 77.2 Å². The first-order chi connectivity index (χ1) is 23.0. The molecule has 0 aliphatic heterocycles. The summed E-state index contributed by atoms with van der Waals surface area (Å²) >= 11 is 0. The number of ketones is 2. The predicted octanol–water partition coefficient (Wildman–Crippen LogP) is 1.12. The van der Waals surface area contributed by atoms with E-state index in [4.69, 9.17) is 9.47 Å². The fourth-order valence-electron chi connectivity index (χ4n) is 9.42. The molecule has 3 saturated carbocycles. The summed E-state index contributed by atoms with van der Waals surface area (Å²) in [5, 5.41) is 54.9. The number of carbonyl (C=O) groups is 5. The minimum Gasteiger partial charge on any atom is -0.595 e. The third-order valence-electron chi connectivity index (χ3n) is 12.0. The molecule has 1 aromatic rings. The summed E-state index contributed by atoms with van der Waals surface area (Å²) in [6, 6.07) is 2.51. The van der Waals surface area contributed by atoms with Crippen LogP contribution in [0.3, 0.4) is 0 Å². The van der Waals surface area contributed by atoms with Crippen LogP contribution in [-0.4, -0.2) is 81.4 Å². The Morgan fingerprint density at radius 1 is 1.12 bits per heavy atom. The number of ether oxygens (including phenoxy) is 2. The van der Waals surface area contributed by atoms with Crippen molar-refractivity contribution in [1.29, 1.82) is 0 Å². The van der Waals surface area contributed by atoms with Gasteiger partial charge in [0, 0.05) is 30.7 Å². The Bertz CT molecular complexity index is 1540. The number of phenols is 1. The molecule has 1 amide bonds. The zero-order chi connectivity index (χ0) is 35.9. The number of nitrogens with one attached hydrogen (secondary N) is 2. The first-order valence-electron chi connectivity index (χ1n) is 16.8. The van der Waals surface area contributed by atoms with Gasteiger partial charge in [-0.1, -0.05) is 25.5 Å². The fraction of sp³-hybridized carbons (Fsp3) is 0.629. The molecule has 0 saturated heterocycles. The number of amides is 1. The van der Waals surface area contributed by atoms with Gasteiger partial charge in [-0.25, -0.2) is 10.0 Å². The quantitative estimate of drug-likeness (QED) is 0.109. The summed E-state index contributed by atoms with van der Waals surface area (Å²) in [4.78, 5) is 63.3. The Labute approximate surface area is 284 Å². The van der Waals surface area contributed by atoms with E-state index >= 15 is 0 Å². The number of methoxy groups -OCH3 is 1. The van der Waals surface area contributed by atoms with Crippen molar-refractivity contribution in [3.63, 3.8) is 0 Å². The number of hydrogen-bond acceptors (Lipinski definition) is 12. The zero-order valence-corrected chi connectivity index (χ0v) is 28.0. The van der Waals surface area contributed by atoms with Crippen molar-refractivity contribution in [2.45, 2.75) is 95.8 Å². The van der Waals surface area contributed by atoms with Crippen LogP contribution in [0.5, 0.6) is 5.75 Å². The van der Waals surface area contributed by atoms with Crippen LogP contribution < -0.4 is 10.5 Å². The number of aliphatic hydroxyl groups excluding tert-OH is 1. The Hall–Kier alpha value is -3.69. The number of fused-ring (bicyclic) bond motifs is 5. The average molecular weight is 687 g/mol. The number of quaternary nitrogens is 1. The molecule has 5 rings (SSSR count). The van der Waals surface area contributed by atoms with Crippen molar-refractivity contribution in [1.82, 2.24) is 5.32 Å². The number of aromatic hydroxyl groups is 1. The van der Waals surface area contributed by atoms with Gasteiger partial charge in [0.15, 0.2) is 18.1 Å².